The van der Waals surface area contributed by atoms with Crippen LogP contribution in [-0.2, 0) is 21.3 Å². The third-order valence-corrected chi connectivity index (χ3v) is 6.26. The molecule has 1 heterocycles. The van der Waals surface area contributed by atoms with E-state index in [1.165, 1.54) is 18.2 Å². The van der Waals surface area contributed by atoms with Crippen molar-refractivity contribution in [3.05, 3.63) is 78.2 Å². The lowest BCUT2D eigenvalue weighted by Crippen LogP contribution is -2.31. The lowest BCUT2D eigenvalue weighted by molar-refractivity contribution is 0.0981. The molecule has 8 heteroatoms. The number of methoxy groups -OCH3 is 1. The lowest BCUT2D eigenvalue weighted by atomic mass is 10.1. The maximum absolute atomic E-state index is 14.8. The van der Waals surface area contributed by atoms with E-state index in [4.69, 9.17) is 4.74 Å². The molecule has 30 heavy (non-hydrogen) atoms. The predicted octanol–water partition coefficient (Wildman–Crippen LogP) is 3.70. The summed E-state index contributed by atoms with van der Waals surface area (Å²) in [5.74, 6) is -1.71. The molecular weight excluding hydrogens is 407 g/mol. The molecule has 0 aliphatic carbocycles. The Kier molecular flexibility index (Phi) is 5.27. The van der Waals surface area contributed by atoms with Crippen molar-refractivity contribution in [2.45, 2.75) is 11.4 Å². The summed E-state index contributed by atoms with van der Waals surface area (Å²) in [5.41, 5.74) is 1.06. The SMILES string of the molecule is COCCn1ccc2cc(C(=O)NS(=O)(=O)c3ccc4ccccc4c3F)ccc21. The minimum Gasteiger partial charge on any atom is -0.383 e. The van der Waals surface area contributed by atoms with Gasteiger partial charge in [0, 0.05) is 41.7 Å². The van der Waals surface area contributed by atoms with Crippen molar-refractivity contribution in [3.63, 3.8) is 0 Å². The molecule has 1 amide bonds. The van der Waals surface area contributed by atoms with Crippen LogP contribution in [0.2, 0.25) is 0 Å². The summed E-state index contributed by atoms with van der Waals surface area (Å²) >= 11 is 0. The molecule has 0 saturated heterocycles. The Morgan fingerprint density at radius 1 is 1.07 bits per heavy atom. The first-order valence-electron chi connectivity index (χ1n) is 9.23. The zero-order valence-electron chi connectivity index (χ0n) is 16.1. The fourth-order valence-corrected chi connectivity index (χ4v) is 4.45. The van der Waals surface area contributed by atoms with Gasteiger partial charge in [0.1, 0.15) is 4.90 Å². The summed E-state index contributed by atoms with van der Waals surface area (Å²) in [4.78, 5) is 12.0. The van der Waals surface area contributed by atoms with E-state index in [0.29, 0.717) is 18.5 Å². The van der Waals surface area contributed by atoms with Gasteiger partial charge >= 0.3 is 0 Å². The number of carbonyl (C=O) groups excluding carboxylic acids is 1. The van der Waals surface area contributed by atoms with Gasteiger partial charge in [0.25, 0.3) is 15.9 Å². The van der Waals surface area contributed by atoms with Crippen LogP contribution in [0.1, 0.15) is 10.4 Å². The molecule has 0 radical (unpaired) electrons. The fraction of sp³-hybridized carbons (Fsp3) is 0.136. The summed E-state index contributed by atoms with van der Waals surface area (Å²) in [7, 11) is -2.77. The Bertz CT molecular complexity index is 1360. The number of hydrogen-bond donors (Lipinski definition) is 1. The second kappa shape index (κ2) is 7.89. The van der Waals surface area contributed by atoms with Crippen LogP contribution in [0.4, 0.5) is 4.39 Å². The Hall–Kier alpha value is -3.23. The fourth-order valence-electron chi connectivity index (χ4n) is 3.38. The zero-order chi connectivity index (χ0) is 21.3. The molecule has 154 valence electrons. The third-order valence-electron chi connectivity index (χ3n) is 4.91. The average Bonchev–Trinajstić information content (AvgIpc) is 3.14. The monoisotopic (exact) mass is 426 g/mol. The number of carbonyl (C=O) groups is 1. The van der Waals surface area contributed by atoms with E-state index in [1.54, 1.807) is 37.4 Å². The van der Waals surface area contributed by atoms with Crippen molar-refractivity contribution >= 4 is 37.6 Å². The molecule has 1 N–H and O–H groups in total. The van der Waals surface area contributed by atoms with Gasteiger partial charge in [-0.2, -0.15) is 0 Å². The molecule has 0 bridgehead atoms. The van der Waals surface area contributed by atoms with E-state index in [0.717, 1.165) is 17.0 Å². The molecule has 3 aromatic carbocycles. The van der Waals surface area contributed by atoms with Gasteiger partial charge < -0.3 is 9.30 Å². The molecule has 0 unspecified atom stereocenters. The van der Waals surface area contributed by atoms with E-state index in [1.807, 2.05) is 21.6 Å². The molecule has 6 nitrogen and oxygen atoms in total. The summed E-state index contributed by atoms with van der Waals surface area (Å²) in [6.07, 6.45) is 1.87. The molecule has 4 rings (SSSR count). The highest BCUT2D eigenvalue weighted by atomic mass is 32.2. The molecule has 0 aliphatic heterocycles. The van der Waals surface area contributed by atoms with Crippen LogP contribution in [-0.4, -0.2) is 32.6 Å². The van der Waals surface area contributed by atoms with Crippen LogP contribution in [0.15, 0.2) is 71.8 Å². The van der Waals surface area contributed by atoms with Crippen molar-refractivity contribution < 1.29 is 22.3 Å². The molecule has 0 fully saturated rings. The Morgan fingerprint density at radius 3 is 2.67 bits per heavy atom. The average molecular weight is 426 g/mol. The largest absolute Gasteiger partial charge is 0.383 e. The topological polar surface area (TPSA) is 77.4 Å². The Labute approximate surface area is 172 Å². The quantitative estimate of drug-likeness (QED) is 0.510. The van der Waals surface area contributed by atoms with Crippen molar-refractivity contribution in [1.29, 1.82) is 0 Å². The second-order valence-corrected chi connectivity index (χ2v) is 8.46. The Balaban J connectivity index is 1.62. The van der Waals surface area contributed by atoms with Crippen LogP contribution in [0, 0.1) is 5.82 Å². The highest BCUT2D eigenvalue weighted by molar-refractivity contribution is 7.90. The number of ether oxygens (including phenoxy) is 1. The second-order valence-electron chi connectivity index (χ2n) is 6.81. The zero-order valence-corrected chi connectivity index (χ0v) is 16.9. The summed E-state index contributed by atoms with van der Waals surface area (Å²) < 4.78 is 49.2. The van der Waals surface area contributed by atoms with Crippen LogP contribution in [0.25, 0.3) is 21.7 Å². The third kappa shape index (κ3) is 3.67. The van der Waals surface area contributed by atoms with Crippen molar-refractivity contribution in [3.8, 4) is 0 Å². The van der Waals surface area contributed by atoms with Gasteiger partial charge in [-0.15, -0.1) is 0 Å². The normalized spacial score (nSPS) is 11.8. The molecule has 0 spiro atoms. The van der Waals surface area contributed by atoms with E-state index < -0.39 is 26.6 Å². The summed E-state index contributed by atoms with van der Waals surface area (Å²) in [6, 6.07) is 15.9. The number of rotatable bonds is 6. The number of nitrogens with one attached hydrogen (secondary N) is 1. The van der Waals surface area contributed by atoms with Crippen molar-refractivity contribution in [2.75, 3.05) is 13.7 Å². The molecule has 1 aromatic heterocycles. The van der Waals surface area contributed by atoms with Crippen LogP contribution >= 0.6 is 0 Å². The summed E-state index contributed by atoms with van der Waals surface area (Å²) in [5, 5.41) is 1.53. The molecular formula is C22H19FN2O4S. The van der Waals surface area contributed by atoms with E-state index in [9.17, 15) is 17.6 Å². The first-order chi connectivity index (χ1) is 14.4. The lowest BCUT2D eigenvalue weighted by Gasteiger charge is -2.10. The van der Waals surface area contributed by atoms with E-state index >= 15 is 0 Å². The number of hydrogen-bond acceptors (Lipinski definition) is 4. The van der Waals surface area contributed by atoms with Gasteiger partial charge in [0.2, 0.25) is 0 Å². The number of benzene rings is 3. The number of halogens is 1. The minimum absolute atomic E-state index is 0.164. The van der Waals surface area contributed by atoms with Crippen LogP contribution < -0.4 is 4.72 Å². The molecule has 0 aliphatic rings. The summed E-state index contributed by atoms with van der Waals surface area (Å²) in [6.45, 7) is 1.20. The van der Waals surface area contributed by atoms with Gasteiger partial charge in [-0.1, -0.05) is 30.3 Å². The maximum Gasteiger partial charge on any atom is 0.267 e. The molecule has 0 saturated carbocycles. The highest BCUT2D eigenvalue weighted by Gasteiger charge is 2.24. The van der Waals surface area contributed by atoms with Gasteiger partial charge in [0.05, 0.1) is 6.61 Å². The van der Waals surface area contributed by atoms with Gasteiger partial charge in [-0.05, 0) is 35.7 Å². The number of nitrogens with zero attached hydrogens (tertiary/aromatic N) is 1. The van der Waals surface area contributed by atoms with Crippen LogP contribution in [0.5, 0.6) is 0 Å². The van der Waals surface area contributed by atoms with Gasteiger partial charge in [-0.3, -0.25) is 4.79 Å². The standard InChI is InChI=1S/C22H19FN2O4S/c1-29-13-12-25-11-10-16-14-17(6-8-19(16)25)22(26)24-30(27,28)20-9-7-15-4-2-3-5-18(15)21(20)23/h2-11,14H,12-13H2,1H3,(H,24,26). The number of fused-ring (bicyclic) bond motifs is 2. The van der Waals surface area contributed by atoms with Crippen LogP contribution in [0.3, 0.4) is 0 Å². The van der Waals surface area contributed by atoms with E-state index in [-0.39, 0.29) is 10.9 Å². The predicted molar refractivity (Wildman–Crippen MR) is 112 cm³/mol. The number of amides is 1. The van der Waals surface area contributed by atoms with E-state index in [2.05, 4.69) is 0 Å². The van der Waals surface area contributed by atoms with Crippen molar-refractivity contribution in [1.82, 2.24) is 9.29 Å². The smallest absolute Gasteiger partial charge is 0.267 e. The number of aromatic nitrogens is 1. The minimum atomic E-state index is -4.39. The number of sulfonamides is 1. The Morgan fingerprint density at radius 2 is 1.87 bits per heavy atom. The maximum atomic E-state index is 14.8. The van der Waals surface area contributed by atoms with Gasteiger partial charge in [0.15, 0.2) is 5.82 Å². The van der Waals surface area contributed by atoms with Crippen molar-refractivity contribution in [2.24, 2.45) is 0 Å². The molecule has 0 atom stereocenters. The first-order valence-corrected chi connectivity index (χ1v) is 10.7. The van der Waals surface area contributed by atoms with Gasteiger partial charge in [-0.25, -0.2) is 17.5 Å². The highest BCUT2D eigenvalue weighted by Crippen LogP contribution is 2.24. The first kappa shape index (κ1) is 20.1. The molecule has 4 aromatic rings.